The highest BCUT2D eigenvalue weighted by Gasteiger charge is 2.28. The number of nitrogens with two attached hydrogens (primary N) is 1. The smallest absolute Gasteiger partial charge is 0.252 e. The number of likely N-dealkylation sites (tertiary alicyclic amines) is 1. The number of aryl methyl sites for hydroxylation is 1. The average Bonchev–Trinajstić information content (AvgIpc) is 3.21. The molecule has 1 saturated heterocycles. The van der Waals surface area contributed by atoms with Crippen LogP contribution in [-0.2, 0) is 4.79 Å². The minimum atomic E-state index is -0.506. The van der Waals surface area contributed by atoms with Gasteiger partial charge in [-0.3, -0.25) is 14.3 Å². The summed E-state index contributed by atoms with van der Waals surface area (Å²) >= 11 is 0. The number of benzene rings is 1. The van der Waals surface area contributed by atoms with E-state index in [2.05, 4.69) is 11.7 Å². The third kappa shape index (κ3) is 2.95. The number of aromatic nitrogens is 2. The van der Waals surface area contributed by atoms with E-state index in [0.717, 1.165) is 17.5 Å². The van der Waals surface area contributed by atoms with Gasteiger partial charge in [-0.05, 0) is 19.4 Å². The van der Waals surface area contributed by atoms with E-state index in [1.165, 1.54) is 6.08 Å². The summed E-state index contributed by atoms with van der Waals surface area (Å²) in [5, 5.41) is 4.59. The van der Waals surface area contributed by atoms with Gasteiger partial charge in [-0.15, -0.1) is 0 Å². The fourth-order valence-electron chi connectivity index (χ4n) is 2.97. The van der Waals surface area contributed by atoms with Crippen LogP contribution in [0.5, 0.6) is 0 Å². The zero-order valence-corrected chi connectivity index (χ0v) is 13.6. The highest BCUT2D eigenvalue weighted by atomic mass is 16.2. The molecule has 0 bridgehead atoms. The standard InChI is InChI=1S/C18H20N4O2/c1-3-16(23)21-9-8-14(10-21)22-11-15(18(19)24)17(20-22)13-6-4-12(2)5-7-13/h3-7,11,14H,1,8-10H2,2H3,(H2,19,24). The van der Waals surface area contributed by atoms with Crippen LogP contribution in [0, 0.1) is 6.92 Å². The third-order valence-corrected chi connectivity index (χ3v) is 4.35. The van der Waals surface area contributed by atoms with Crippen LogP contribution in [0.2, 0.25) is 0 Å². The predicted octanol–water partition coefficient (Wildman–Crippen LogP) is 1.92. The summed E-state index contributed by atoms with van der Waals surface area (Å²) in [6.07, 6.45) is 3.79. The fraction of sp³-hybridized carbons (Fsp3) is 0.278. The molecule has 1 unspecified atom stereocenters. The molecule has 2 aromatic rings. The van der Waals surface area contributed by atoms with Crippen LogP contribution in [0.4, 0.5) is 0 Å². The first-order chi connectivity index (χ1) is 11.5. The quantitative estimate of drug-likeness (QED) is 0.872. The summed E-state index contributed by atoms with van der Waals surface area (Å²) in [4.78, 5) is 25.3. The van der Waals surface area contributed by atoms with Gasteiger partial charge >= 0.3 is 0 Å². The maximum absolute atomic E-state index is 11.8. The molecule has 0 saturated carbocycles. The SMILES string of the molecule is C=CC(=O)N1CCC(n2cc(C(N)=O)c(-c3ccc(C)cc3)n2)C1. The normalized spacial score (nSPS) is 17.0. The van der Waals surface area contributed by atoms with E-state index in [-0.39, 0.29) is 11.9 Å². The summed E-state index contributed by atoms with van der Waals surface area (Å²) in [7, 11) is 0. The van der Waals surface area contributed by atoms with Gasteiger partial charge in [0.1, 0.15) is 5.69 Å². The number of nitrogens with zero attached hydrogens (tertiary/aromatic N) is 3. The van der Waals surface area contributed by atoms with E-state index in [1.54, 1.807) is 15.8 Å². The third-order valence-electron chi connectivity index (χ3n) is 4.35. The van der Waals surface area contributed by atoms with Crippen molar-refractivity contribution >= 4 is 11.8 Å². The lowest BCUT2D eigenvalue weighted by Gasteiger charge is -2.14. The Balaban J connectivity index is 1.92. The number of hydrogen-bond acceptors (Lipinski definition) is 3. The minimum absolute atomic E-state index is 0.0335. The van der Waals surface area contributed by atoms with Gasteiger partial charge in [0.15, 0.2) is 0 Å². The van der Waals surface area contributed by atoms with Crippen LogP contribution in [0.25, 0.3) is 11.3 Å². The molecule has 1 aromatic heterocycles. The highest BCUT2D eigenvalue weighted by molar-refractivity contribution is 5.98. The van der Waals surface area contributed by atoms with Crippen LogP contribution in [0.1, 0.15) is 28.4 Å². The van der Waals surface area contributed by atoms with Crippen LogP contribution >= 0.6 is 0 Å². The van der Waals surface area contributed by atoms with E-state index in [9.17, 15) is 9.59 Å². The molecule has 1 atom stereocenters. The Hall–Kier alpha value is -2.89. The molecule has 124 valence electrons. The molecule has 1 fully saturated rings. The molecule has 2 heterocycles. The first-order valence-corrected chi connectivity index (χ1v) is 7.87. The van der Waals surface area contributed by atoms with E-state index in [1.807, 2.05) is 31.2 Å². The molecule has 1 aliphatic rings. The topological polar surface area (TPSA) is 81.2 Å². The molecule has 1 aliphatic heterocycles. The summed E-state index contributed by atoms with van der Waals surface area (Å²) < 4.78 is 1.76. The molecule has 6 nitrogen and oxygen atoms in total. The number of hydrogen-bond donors (Lipinski definition) is 1. The lowest BCUT2D eigenvalue weighted by atomic mass is 10.1. The maximum Gasteiger partial charge on any atom is 0.252 e. The Morgan fingerprint density at radius 1 is 1.33 bits per heavy atom. The Morgan fingerprint density at radius 2 is 2.04 bits per heavy atom. The summed E-state index contributed by atoms with van der Waals surface area (Å²) in [6.45, 7) is 6.72. The van der Waals surface area contributed by atoms with E-state index in [4.69, 9.17) is 5.73 Å². The second-order valence-electron chi connectivity index (χ2n) is 6.03. The van der Waals surface area contributed by atoms with E-state index >= 15 is 0 Å². The van der Waals surface area contributed by atoms with Crippen molar-refractivity contribution in [2.75, 3.05) is 13.1 Å². The molecule has 2 N–H and O–H groups in total. The monoisotopic (exact) mass is 324 g/mol. The predicted molar refractivity (Wildman–Crippen MR) is 91.3 cm³/mol. The zero-order valence-electron chi connectivity index (χ0n) is 13.6. The average molecular weight is 324 g/mol. The number of amides is 2. The minimum Gasteiger partial charge on any atom is -0.365 e. The molecule has 1 aromatic carbocycles. The first-order valence-electron chi connectivity index (χ1n) is 7.87. The fourth-order valence-corrected chi connectivity index (χ4v) is 2.97. The van der Waals surface area contributed by atoms with Crippen LogP contribution < -0.4 is 5.73 Å². The molecule has 3 rings (SSSR count). The van der Waals surface area contributed by atoms with Crippen LogP contribution in [0.3, 0.4) is 0 Å². The Labute approximate surface area is 140 Å². The molecular formula is C18H20N4O2. The van der Waals surface area contributed by atoms with Gasteiger partial charge in [-0.25, -0.2) is 0 Å². The van der Waals surface area contributed by atoms with Crippen molar-refractivity contribution in [3.05, 3.63) is 54.2 Å². The van der Waals surface area contributed by atoms with Crippen molar-refractivity contribution in [3.8, 4) is 11.3 Å². The summed E-state index contributed by atoms with van der Waals surface area (Å²) in [5.41, 5.74) is 8.48. The number of rotatable bonds is 4. The van der Waals surface area contributed by atoms with Gasteiger partial charge in [0.05, 0.1) is 11.6 Å². The second-order valence-corrected chi connectivity index (χ2v) is 6.03. The van der Waals surface area contributed by atoms with Gasteiger partial charge in [-0.2, -0.15) is 5.10 Å². The number of carbonyl (C=O) groups excluding carboxylic acids is 2. The van der Waals surface area contributed by atoms with Crippen molar-refractivity contribution < 1.29 is 9.59 Å². The zero-order chi connectivity index (χ0) is 17.3. The maximum atomic E-state index is 11.8. The number of primary amides is 1. The van der Waals surface area contributed by atoms with E-state index < -0.39 is 5.91 Å². The molecular weight excluding hydrogens is 304 g/mol. The molecule has 0 aliphatic carbocycles. The van der Waals surface area contributed by atoms with Crippen molar-refractivity contribution in [1.29, 1.82) is 0 Å². The van der Waals surface area contributed by atoms with Crippen molar-refractivity contribution in [1.82, 2.24) is 14.7 Å². The van der Waals surface area contributed by atoms with Gasteiger partial charge in [-0.1, -0.05) is 36.4 Å². The molecule has 6 heteroatoms. The van der Waals surface area contributed by atoms with Gasteiger partial charge < -0.3 is 10.6 Å². The Bertz CT molecular complexity index is 792. The molecule has 0 radical (unpaired) electrons. The Kier molecular flexibility index (Phi) is 4.20. The molecule has 24 heavy (non-hydrogen) atoms. The summed E-state index contributed by atoms with van der Waals surface area (Å²) in [6, 6.07) is 7.83. The van der Waals surface area contributed by atoms with Crippen molar-refractivity contribution in [2.45, 2.75) is 19.4 Å². The molecule has 0 spiro atoms. The van der Waals surface area contributed by atoms with Gasteiger partial charge in [0.25, 0.3) is 5.91 Å². The summed E-state index contributed by atoms with van der Waals surface area (Å²) in [5.74, 6) is -0.590. The largest absolute Gasteiger partial charge is 0.365 e. The van der Waals surface area contributed by atoms with Gasteiger partial charge in [0.2, 0.25) is 5.91 Å². The van der Waals surface area contributed by atoms with Gasteiger partial charge in [0, 0.05) is 24.8 Å². The van der Waals surface area contributed by atoms with Crippen molar-refractivity contribution in [3.63, 3.8) is 0 Å². The Morgan fingerprint density at radius 3 is 2.67 bits per heavy atom. The van der Waals surface area contributed by atoms with Crippen LogP contribution in [0.15, 0.2) is 43.1 Å². The lowest BCUT2D eigenvalue weighted by molar-refractivity contribution is -0.125. The highest BCUT2D eigenvalue weighted by Crippen LogP contribution is 2.27. The van der Waals surface area contributed by atoms with Crippen molar-refractivity contribution in [2.24, 2.45) is 5.73 Å². The second kappa shape index (κ2) is 6.31. The number of carbonyl (C=O) groups is 2. The lowest BCUT2D eigenvalue weighted by Crippen LogP contribution is -2.27. The first kappa shape index (κ1) is 16.0. The molecule has 2 amide bonds. The van der Waals surface area contributed by atoms with Crippen LogP contribution in [-0.4, -0.2) is 39.6 Å². The van der Waals surface area contributed by atoms with E-state index in [0.29, 0.717) is 24.3 Å².